The number of fused-ring (bicyclic) bond motifs is 1. The monoisotopic (exact) mass is 360 g/mol. The smallest absolute Gasteiger partial charge is 0.350 e. The fourth-order valence-electron chi connectivity index (χ4n) is 2.25. The summed E-state index contributed by atoms with van der Waals surface area (Å²) in [6.07, 6.45) is 0. The molecule has 0 saturated carbocycles. The Balaban J connectivity index is 2.22. The minimum absolute atomic E-state index is 0.0430. The van der Waals surface area contributed by atoms with Crippen molar-refractivity contribution in [2.75, 3.05) is 12.8 Å². The van der Waals surface area contributed by atoms with Crippen LogP contribution in [0.1, 0.15) is 9.67 Å². The molecule has 0 aliphatic carbocycles. The summed E-state index contributed by atoms with van der Waals surface area (Å²) in [7, 11) is 1.27. The summed E-state index contributed by atoms with van der Waals surface area (Å²) in [6, 6.07) is 12.4. The van der Waals surface area contributed by atoms with Crippen LogP contribution >= 0.6 is 23.1 Å². The lowest BCUT2D eigenvalue weighted by Crippen LogP contribution is -2.01. The Morgan fingerprint density at radius 3 is 2.62 bits per heavy atom. The van der Waals surface area contributed by atoms with Gasteiger partial charge in [0.2, 0.25) is 0 Å². The number of methoxy groups -OCH3 is 1. The number of nitrogens with zero attached hydrogens (tertiary/aromatic N) is 1. The van der Waals surface area contributed by atoms with Crippen LogP contribution < -0.4 is 5.73 Å². The van der Waals surface area contributed by atoms with E-state index in [0.717, 1.165) is 16.2 Å². The molecule has 0 aliphatic heterocycles. The van der Waals surface area contributed by atoms with Crippen LogP contribution in [0.15, 0.2) is 52.3 Å². The summed E-state index contributed by atoms with van der Waals surface area (Å²) in [5.74, 6) is -0.549. The maximum absolute atomic E-state index is 11.9. The quantitative estimate of drug-likeness (QED) is 0.423. The number of nitro groups is 1. The molecule has 0 unspecified atom stereocenters. The van der Waals surface area contributed by atoms with Crippen molar-refractivity contribution in [1.82, 2.24) is 0 Å². The van der Waals surface area contributed by atoms with E-state index < -0.39 is 10.9 Å². The molecular formula is C16H12N2O4S2. The van der Waals surface area contributed by atoms with Crippen molar-refractivity contribution in [2.24, 2.45) is 0 Å². The molecule has 1 aromatic heterocycles. The molecule has 2 N–H and O–H groups in total. The third kappa shape index (κ3) is 2.93. The molecule has 3 rings (SSSR count). The van der Waals surface area contributed by atoms with Crippen LogP contribution in [0.4, 0.5) is 11.4 Å². The molecule has 0 radical (unpaired) electrons. The van der Waals surface area contributed by atoms with Crippen molar-refractivity contribution in [3.63, 3.8) is 0 Å². The Morgan fingerprint density at radius 2 is 2.00 bits per heavy atom. The van der Waals surface area contributed by atoms with E-state index in [4.69, 9.17) is 10.5 Å². The van der Waals surface area contributed by atoms with Gasteiger partial charge in [0.15, 0.2) is 0 Å². The number of thiophene rings is 1. The van der Waals surface area contributed by atoms with Gasteiger partial charge in [-0.05, 0) is 12.1 Å². The van der Waals surface area contributed by atoms with Crippen molar-refractivity contribution < 1.29 is 14.5 Å². The molecule has 0 saturated heterocycles. The van der Waals surface area contributed by atoms with Crippen molar-refractivity contribution in [3.8, 4) is 0 Å². The number of carbonyl (C=O) groups is 1. The number of esters is 1. The minimum Gasteiger partial charge on any atom is -0.465 e. The van der Waals surface area contributed by atoms with E-state index in [2.05, 4.69) is 0 Å². The third-order valence-electron chi connectivity index (χ3n) is 3.33. The number of non-ortho nitro benzene ring substituents is 1. The van der Waals surface area contributed by atoms with E-state index in [9.17, 15) is 14.9 Å². The number of hydrogen-bond acceptors (Lipinski definition) is 7. The number of hydrogen-bond donors (Lipinski definition) is 1. The van der Waals surface area contributed by atoms with E-state index in [1.165, 1.54) is 31.0 Å². The number of benzene rings is 2. The third-order valence-corrected chi connectivity index (χ3v) is 5.51. The lowest BCUT2D eigenvalue weighted by atomic mass is 10.2. The maximum atomic E-state index is 11.9. The molecule has 24 heavy (non-hydrogen) atoms. The van der Waals surface area contributed by atoms with Crippen LogP contribution in [-0.4, -0.2) is 18.0 Å². The Morgan fingerprint density at radius 1 is 1.29 bits per heavy atom. The average molecular weight is 360 g/mol. The predicted octanol–water partition coefficient (Wildman–Crippen LogP) is 4.33. The van der Waals surface area contributed by atoms with E-state index >= 15 is 0 Å². The first-order valence-electron chi connectivity index (χ1n) is 6.83. The van der Waals surface area contributed by atoms with E-state index in [1.807, 2.05) is 30.3 Å². The van der Waals surface area contributed by atoms with Crippen molar-refractivity contribution in [1.29, 1.82) is 0 Å². The second-order valence-corrected chi connectivity index (χ2v) is 6.99. The Kier molecular flexibility index (Phi) is 4.41. The highest BCUT2D eigenvalue weighted by atomic mass is 32.2. The molecule has 8 heteroatoms. The summed E-state index contributed by atoms with van der Waals surface area (Å²) in [4.78, 5) is 24.4. The molecule has 0 atom stereocenters. The normalized spacial score (nSPS) is 10.7. The van der Waals surface area contributed by atoms with E-state index in [-0.39, 0.29) is 16.3 Å². The van der Waals surface area contributed by atoms with Crippen LogP contribution in [0, 0.1) is 10.1 Å². The molecule has 0 fully saturated rings. The highest BCUT2D eigenvalue weighted by Crippen LogP contribution is 2.44. The van der Waals surface area contributed by atoms with Gasteiger partial charge in [0.1, 0.15) is 4.88 Å². The van der Waals surface area contributed by atoms with Crippen molar-refractivity contribution >= 4 is 50.5 Å². The Hall–Kier alpha value is -2.58. The van der Waals surface area contributed by atoms with Gasteiger partial charge in [0, 0.05) is 32.0 Å². The van der Waals surface area contributed by atoms with Gasteiger partial charge < -0.3 is 10.5 Å². The maximum Gasteiger partial charge on any atom is 0.350 e. The molecule has 0 aliphatic rings. The number of anilines is 1. The van der Waals surface area contributed by atoms with Gasteiger partial charge >= 0.3 is 5.97 Å². The standard InChI is InChI=1S/C16H12N2O4S2/c1-22-16(19)15-14(17)13-11(23-10-5-3-2-4-6-10)7-9(18(20)21)8-12(13)24-15/h2-8H,17H2,1H3. The molecular weight excluding hydrogens is 348 g/mol. The number of ether oxygens (including phenoxy) is 1. The lowest BCUT2D eigenvalue weighted by Gasteiger charge is -2.05. The van der Waals surface area contributed by atoms with Gasteiger partial charge in [0.25, 0.3) is 5.69 Å². The first-order valence-corrected chi connectivity index (χ1v) is 8.46. The van der Waals surface area contributed by atoms with Crippen molar-refractivity contribution in [3.05, 3.63) is 57.5 Å². The predicted molar refractivity (Wildman–Crippen MR) is 94.8 cm³/mol. The zero-order valence-corrected chi connectivity index (χ0v) is 14.1. The highest BCUT2D eigenvalue weighted by Gasteiger charge is 2.22. The largest absolute Gasteiger partial charge is 0.465 e. The molecule has 0 bridgehead atoms. The molecule has 3 aromatic rings. The topological polar surface area (TPSA) is 95.5 Å². The van der Waals surface area contributed by atoms with Gasteiger partial charge in [0.05, 0.1) is 17.7 Å². The Labute approximate surface area is 145 Å². The summed E-state index contributed by atoms with van der Waals surface area (Å²) in [5, 5.41) is 11.8. The highest BCUT2D eigenvalue weighted by molar-refractivity contribution is 7.99. The first kappa shape index (κ1) is 16.3. The van der Waals surface area contributed by atoms with Gasteiger partial charge in [-0.25, -0.2) is 4.79 Å². The lowest BCUT2D eigenvalue weighted by molar-refractivity contribution is -0.384. The SMILES string of the molecule is COC(=O)c1sc2cc([N+](=O)[O-])cc(Sc3ccccc3)c2c1N. The number of nitrogen functional groups attached to an aromatic ring is 1. The van der Waals surface area contributed by atoms with Gasteiger partial charge in [-0.2, -0.15) is 0 Å². The molecule has 122 valence electrons. The summed E-state index contributed by atoms with van der Waals surface area (Å²) < 4.78 is 5.32. The molecule has 2 aromatic carbocycles. The molecule has 1 heterocycles. The number of rotatable bonds is 4. The minimum atomic E-state index is -0.549. The molecule has 0 amide bonds. The van der Waals surface area contributed by atoms with E-state index in [0.29, 0.717) is 15.0 Å². The number of carbonyl (C=O) groups excluding carboxylic acids is 1. The van der Waals surface area contributed by atoms with Crippen LogP contribution in [0.25, 0.3) is 10.1 Å². The summed E-state index contributed by atoms with van der Waals surface area (Å²) in [5.41, 5.74) is 6.37. The zero-order valence-electron chi connectivity index (χ0n) is 12.5. The van der Waals surface area contributed by atoms with Gasteiger partial charge in [-0.15, -0.1) is 11.3 Å². The first-order chi connectivity index (χ1) is 11.5. The van der Waals surface area contributed by atoms with Crippen LogP contribution in [0.2, 0.25) is 0 Å². The van der Waals surface area contributed by atoms with E-state index in [1.54, 1.807) is 0 Å². The number of nitro benzene ring substituents is 1. The van der Waals surface area contributed by atoms with Crippen molar-refractivity contribution in [2.45, 2.75) is 9.79 Å². The molecule has 6 nitrogen and oxygen atoms in total. The fourth-order valence-corrected chi connectivity index (χ4v) is 4.46. The van der Waals surface area contributed by atoms with Crippen LogP contribution in [-0.2, 0) is 4.74 Å². The molecule has 0 spiro atoms. The fraction of sp³-hybridized carbons (Fsp3) is 0.0625. The second-order valence-electron chi connectivity index (χ2n) is 4.83. The number of nitrogens with two attached hydrogens (primary N) is 1. The zero-order chi connectivity index (χ0) is 17.3. The summed E-state index contributed by atoms with van der Waals surface area (Å²) in [6.45, 7) is 0. The Bertz CT molecular complexity index is 938. The van der Waals surface area contributed by atoms with Gasteiger partial charge in [-0.1, -0.05) is 30.0 Å². The second kappa shape index (κ2) is 6.50. The van der Waals surface area contributed by atoms with Crippen LogP contribution in [0.5, 0.6) is 0 Å². The van der Waals surface area contributed by atoms with Gasteiger partial charge in [-0.3, -0.25) is 10.1 Å². The van der Waals surface area contributed by atoms with Crippen LogP contribution in [0.3, 0.4) is 0 Å². The summed E-state index contributed by atoms with van der Waals surface area (Å²) >= 11 is 2.46. The average Bonchev–Trinajstić information content (AvgIpc) is 2.92.